The van der Waals surface area contributed by atoms with Gasteiger partial charge in [0.1, 0.15) is 11.1 Å². The number of benzene rings is 1. The molecular weight excluding hydrogens is 368 g/mol. The lowest BCUT2D eigenvalue weighted by Crippen LogP contribution is -2.40. The molecule has 6 nitrogen and oxygen atoms in total. The molecule has 29 heavy (non-hydrogen) atoms. The van der Waals surface area contributed by atoms with Crippen molar-refractivity contribution in [1.82, 2.24) is 0 Å². The second kappa shape index (κ2) is 9.54. The van der Waals surface area contributed by atoms with Crippen LogP contribution in [0.25, 0.3) is 0 Å². The fourth-order valence-corrected chi connectivity index (χ4v) is 3.78. The van der Waals surface area contributed by atoms with Gasteiger partial charge >= 0.3 is 5.97 Å². The summed E-state index contributed by atoms with van der Waals surface area (Å²) >= 11 is 0. The zero-order valence-electron chi connectivity index (χ0n) is 17.9. The number of nitrogens with one attached hydrogen (secondary N) is 1. The number of carbonyl (C=O) groups excluding carboxylic acids is 1. The molecule has 0 aliphatic rings. The summed E-state index contributed by atoms with van der Waals surface area (Å²) < 4.78 is 0.556. The SMILES string of the molecule is CCCCc1c(C(=O)O)c(C)[n+]([O-])c(C)c1C(=O)Nc1c(CC)cccc1CC. The number of aryl methyl sites for hydroxylation is 2. The summed E-state index contributed by atoms with van der Waals surface area (Å²) in [4.78, 5) is 25.3. The van der Waals surface area contributed by atoms with Crippen molar-refractivity contribution >= 4 is 17.6 Å². The number of carbonyl (C=O) groups is 2. The molecule has 6 heteroatoms. The van der Waals surface area contributed by atoms with Crippen molar-refractivity contribution in [3.8, 4) is 0 Å². The number of rotatable bonds is 8. The number of carboxylic acids is 1. The highest BCUT2D eigenvalue weighted by Gasteiger charge is 2.31. The molecule has 0 bridgehead atoms. The quantitative estimate of drug-likeness (QED) is 0.510. The Labute approximate surface area is 172 Å². The maximum Gasteiger partial charge on any atom is 0.342 e. The number of unbranched alkanes of at least 4 members (excludes halogenated alkanes) is 1. The van der Waals surface area contributed by atoms with E-state index in [2.05, 4.69) is 5.32 Å². The molecule has 2 N–H and O–H groups in total. The monoisotopic (exact) mass is 398 g/mol. The van der Waals surface area contributed by atoms with Crippen LogP contribution in [0.4, 0.5) is 5.69 Å². The van der Waals surface area contributed by atoms with Crippen LogP contribution < -0.4 is 10.0 Å². The maximum absolute atomic E-state index is 13.3. The van der Waals surface area contributed by atoms with Crippen LogP contribution in [0.3, 0.4) is 0 Å². The van der Waals surface area contributed by atoms with Gasteiger partial charge in [0, 0.05) is 19.5 Å². The van der Waals surface area contributed by atoms with E-state index in [0.717, 1.165) is 42.5 Å². The Bertz CT molecular complexity index is 913. The highest BCUT2D eigenvalue weighted by molar-refractivity contribution is 6.08. The fourth-order valence-electron chi connectivity index (χ4n) is 3.78. The normalized spacial score (nSPS) is 10.8. The van der Waals surface area contributed by atoms with E-state index in [9.17, 15) is 19.9 Å². The average molecular weight is 399 g/mol. The van der Waals surface area contributed by atoms with Crippen LogP contribution in [0.15, 0.2) is 18.2 Å². The number of amides is 1. The van der Waals surface area contributed by atoms with Crippen molar-refractivity contribution in [2.75, 3.05) is 5.32 Å². The Morgan fingerprint density at radius 1 is 1.03 bits per heavy atom. The van der Waals surface area contributed by atoms with E-state index >= 15 is 0 Å². The van der Waals surface area contributed by atoms with Gasteiger partial charge < -0.3 is 15.6 Å². The molecule has 2 aromatic rings. The predicted octanol–water partition coefficient (Wildman–Crippen LogP) is 4.35. The van der Waals surface area contributed by atoms with Crippen molar-refractivity contribution in [2.45, 2.75) is 66.7 Å². The number of hydrogen-bond donors (Lipinski definition) is 2. The van der Waals surface area contributed by atoms with Gasteiger partial charge in [-0.25, -0.2) is 4.79 Å². The van der Waals surface area contributed by atoms with Gasteiger partial charge in [-0.3, -0.25) is 4.79 Å². The van der Waals surface area contributed by atoms with E-state index in [-0.39, 0.29) is 22.5 Å². The minimum Gasteiger partial charge on any atom is -0.618 e. The Balaban J connectivity index is 2.68. The first-order valence-electron chi connectivity index (χ1n) is 10.2. The Morgan fingerprint density at radius 2 is 1.59 bits per heavy atom. The van der Waals surface area contributed by atoms with Crippen LogP contribution >= 0.6 is 0 Å². The second-order valence-corrected chi connectivity index (χ2v) is 7.21. The summed E-state index contributed by atoms with van der Waals surface area (Å²) in [6, 6.07) is 5.89. The molecule has 0 radical (unpaired) electrons. The van der Waals surface area contributed by atoms with Gasteiger partial charge in [-0.15, -0.1) is 0 Å². The molecule has 1 heterocycles. The first kappa shape index (κ1) is 22.4. The Hall–Kier alpha value is -2.89. The number of hydrogen-bond acceptors (Lipinski definition) is 3. The predicted molar refractivity (Wildman–Crippen MR) is 114 cm³/mol. The minimum absolute atomic E-state index is 0.0660. The Kier molecular flexibility index (Phi) is 7.37. The summed E-state index contributed by atoms with van der Waals surface area (Å²) in [6.45, 7) is 9.09. The number of aromatic carboxylic acids is 1. The van der Waals surface area contributed by atoms with Crippen LogP contribution in [0.5, 0.6) is 0 Å². The summed E-state index contributed by atoms with van der Waals surface area (Å²) in [5, 5.41) is 25.3. The van der Waals surface area contributed by atoms with E-state index in [1.807, 2.05) is 39.0 Å². The van der Waals surface area contributed by atoms with Gasteiger partial charge in [0.15, 0.2) is 0 Å². The van der Waals surface area contributed by atoms with Gasteiger partial charge in [-0.1, -0.05) is 45.4 Å². The summed E-state index contributed by atoms with van der Waals surface area (Å²) in [7, 11) is 0. The topological polar surface area (TPSA) is 93.3 Å². The van der Waals surface area contributed by atoms with Gasteiger partial charge in [0.2, 0.25) is 11.4 Å². The van der Waals surface area contributed by atoms with Crippen LogP contribution in [0.1, 0.15) is 82.4 Å². The third-order valence-corrected chi connectivity index (χ3v) is 5.40. The first-order chi connectivity index (χ1) is 13.8. The molecule has 1 amide bonds. The standard InChI is InChI=1S/C23H30N2O4/c1-6-9-13-18-19(14(4)25(29)15(5)20(18)23(27)28)22(26)24-21-16(7-2)11-10-12-17(21)8-3/h10-12H,6-9,13H2,1-5H3,(H,24,26)(H,27,28). The molecule has 0 saturated heterocycles. The molecule has 1 aromatic carbocycles. The number of para-hydroxylation sites is 1. The minimum atomic E-state index is -1.18. The number of aromatic nitrogens is 1. The fraction of sp³-hybridized carbons (Fsp3) is 0.435. The van der Waals surface area contributed by atoms with Gasteiger partial charge in [0.05, 0.1) is 0 Å². The maximum atomic E-state index is 13.3. The summed E-state index contributed by atoms with van der Waals surface area (Å²) in [5.41, 5.74) is 3.64. The number of anilines is 1. The highest BCUT2D eigenvalue weighted by atomic mass is 16.5. The van der Waals surface area contributed by atoms with Crippen LogP contribution in [-0.2, 0) is 19.3 Å². The second-order valence-electron chi connectivity index (χ2n) is 7.21. The first-order valence-corrected chi connectivity index (χ1v) is 10.2. The number of pyridine rings is 1. The van der Waals surface area contributed by atoms with Gasteiger partial charge in [-0.05, 0) is 42.4 Å². The third kappa shape index (κ3) is 4.42. The van der Waals surface area contributed by atoms with E-state index in [0.29, 0.717) is 16.7 Å². The van der Waals surface area contributed by atoms with E-state index in [1.165, 1.54) is 6.92 Å². The van der Waals surface area contributed by atoms with E-state index in [4.69, 9.17) is 0 Å². The van der Waals surface area contributed by atoms with Crippen molar-refractivity contribution in [3.05, 3.63) is 62.6 Å². The molecule has 0 aliphatic heterocycles. The molecule has 1 aromatic heterocycles. The summed E-state index contributed by atoms with van der Waals surface area (Å²) in [6.07, 6.45) is 3.51. The van der Waals surface area contributed by atoms with E-state index < -0.39 is 11.9 Å². The zero-order chi connectivity index (χ0) is 21.7. The molecule has 0 saturated carbocycles. The summed E-state index contributed by atoms with van der Waals surface area (Å²) in [5.74, 6) is -1.62. The molecule has 0 fully saturated rings. The number of carboxylic acid groups (broad SMARTS) is 1. The van der Waals surface area contributed by atoms with Gasteiger partial charge in [0.25, 0.3) is 5.91 Å². The lowest BCUT2D eigenvalue weighted by Gasteiger charge is -2.19. The number of nitrogens with zero attached hydrogens (tertiary/aromatic N) is 1. The molecule has 0 spiro atoms. The molecule has 0 aliphatic carbocycles. The zero-order valence-corrected chi connectivity index (χ0v) is 17.9. The smallest absolute Gasteiger partial charge is 0.342 e. The highest BCUT2D eigenvalue weighted by Crippen LogP contribution is 2.26. The van der Waals surface area contributed by atoms with Crippen molar-refractivity contribution in [2.24, 2.45) is 0 Å². The van der Waals surface area contributed by atoms with E-state index in [1.54, 1.807) is 6.92 Å². The molecule has 0 atom stereocenters. The lowest BCUT2D eigenvalue weighted by atomic mass is 9.93. The molecular formula is C23H30N2O4. The lowest BCUT2D eigenvalue weighted by molar-refractivity contribution is -0.619. The van der Waals surface area contributed by atoms with Crippen LogP contribution in [-0.4, -0.2) is 17.0 Å². The van der Waals surface area contributed by atoms with Crippen LogP contribution in [0, 0.1) is 19.1 Å². The van der Waals surface area contributed by atoms with Gasteiger partial charge in [-0.2, -0.15) is 4.73 Å². The molecule has 0 unspecified atom stereocenters. The van der Waals surface area contributed by atoms with Crippen molar-refractivity contribution < 1.29 is 19.4 Å². The third-order valence-electron chi connectivity index (χ3n) is 5.40. The molecule has 156 valence electrons. The Morgan fingerprint density at radius 3 is 2.07 bits per heavy atom. The van der Waals surface area contributed by atoms with Crippen molar-refractivity contribution in [3.63, 3.8) is 0 Å². The molecule has 2 rings (SSSR count). The van der Waals surface area contributed by atoms with Crippen LogP contribution in [0.2, 0.25) is 0 Å². The average Bonchev–Trinajstić information content (AvgIpc) is 2.70. The van der Waals surface area contributed by atoms with Crippen molar-refractivity contribution in [1.29, 1.82) is 0 Å². The largest absolute Gasteiger partial charge is 0.618 e.